The second-order valence-corrected chi connectivity index (χ2v) is 4.35. The van der Waals surface area contributed by atoms with Crippen LogP contribution < -0.4 is 11.1 Å². The summed E-state index contributed by atoms with van der Waals surface area (Å²) >= 11 is 0. The fourth-order valence-electron chi connectivity index (χ4n) is 2.16. The summed E-state index contributed by atoms with van der Waals surface area (Å²) in [5.41, 5.74) is 6.32. The molecular weight excluding hydrogens is 219 g/mol. The van der Waals surface area contributed by atoms with Crippen molar-refractivity contribution in [1.29, 1.82) is 0 Å². The summed E-state index contributed by atoms with van der Waals surface area (Å²) in [6.45, 7) is 1.95. The first-order chi connectivity index (χ1) is 8.31. The normalized spacial score (nSPS) is 21.6. The summed E-state index contributed by atoms with van der Waals surface area (Å²) in [6.07, 6.45) is 2.43. The minimum atomic E-state index is -0.206. The van der Waals surface area contributed by atoms with Crippen molar-refractivity contribution in [2.24, 2.45) is 5.73 Å². The van der Waals surface area contributed by atoms with Crippen LogP contribution in [-0.4, -0.2) is 25.8 Å². The lowest BCUT2D eigenvalue weighted by Crippen LogP contribution is -2.34. The van der Waals surface area contributed by atoms with E-state index in [0.717, 1.165) is 26.0 Å². The van der Waals surface area contributed by atoms with Crippen molar-refractivity contribution < 1.29 is 9.13 Å². The molecule has 1 aromatic rings. The van der Waals surface area contributed by atoms with Gasteiger partial charge in [-0.05, 0) is 18.9 Å². The molecule has 3 N–H and O–H groups in total. The van der Waals surface area contributed by atoms with Crippen molar-refractivity contribution in [3.8, 4) is 0 Å². The highest BCUT2D eigenvalue weighted by atomic mass is 19.1. The number of halogens is 1. The van der Waals surface area contributed by atoms with Crippen LogP contribution in [0.5, 0.6) is 0 Å². The van der Waals surface area contributed by atoms with Gasteiger partial charge in [0.15, 0.2) is 0 Å². The Morgan fingerprint density at radius 3 is 2.94 bits per heavy atom. The Morgan fingerprint density at radius 2 is 2.29 bits per heavy atom. The molecule has 1 aromatic carbocycles. The van der Waals surface area contributed by atoms with Gasteiger partial charge < -0.3 is 15.8 Å². The fourth-order valence-corrected chi connectivity index (χ4v) is 2.16. The van der Waals surface area contributed by atoms with E-state index in [2.05, 4.69) is 5.32 Å². The lowest BCUT2D eigenvalue weighted by atomic mass is 10.1. The number of benzene rings is 1. The fraction of sp³-hybridized carbons (Fsp3) is 0.538. The van der Waals surface area contributed by atoms with Gasteiger partial charge in [-0.1, -0.05) is 18.2 Å². The second-order valence-electron chi connectivity index (χ2n) is 4.35. The average Bonchev–Trinajstić information content (AvgIpc) is 2.85. The second kappa shape index (κ2) is 6.10. The van der Waals surface area contributed by atoms with Crippen LogP contribution in [0.15, 0.2) is 24.3 Å². The van der Waals surface area contributed by atoms with Gasteiger partial charge >= 0.3 is 0 Å². The lowest BCUT2D eigenvalue weighted by Gasteiger charge is -2.20. The highest BCUT2D eigenvalue weighted by molar-refractivity contribution is 5.21. The Balaban J connectivity index is 1.94. The van der Waals surface area contributed by atoms with Crippen molar-refractivity contribution in [3.63, 3.8) is 0 Å². The monoisotopic (exact) mass is 238 g/mol. The van der Waals surface area contributed by atoms with Gasteiger partial charge in [-0.3, -0.25) is 0 Å². The van der Waals surface area contributed by atoms with Gasteiger partial charge in [0.2, 0.25) is 0 Å². The highest BCUT2D eigenvalue weighted by Gasteiger charge is 2.18. The third-order valence-corrected chi connectivity index (χ3v) is 3.13. The Morgan fingerprint density at radius 1 is 1.47 bits per heavy atom. The van der Waals surface area contributed by atoms with E-state index in [1.54, 1.807) is 12.1 Å². The van der Waals surface area contributed by atoms with Crippen LogP contribution in [-0.2, 0) is 4.74 Å². The topological polar surface area (TPSA) is 47.3 Å². The summed E-state index contributed by atoms with van der Waals surface area (Å²) in [7, 11) is 0. The molecule has 0 saturated carbocycles. The Kier molecular flexibility index (Phi) is 4.48. The molecule has 2 unspecified atom stereocenters. The van der Waals surface area contributed by atoms with Gasteiger partial charge in [0.1, 0.15) is 5.82 Å². The van der Waals surface area contributed by atoms with Crippen molar-refractivity contribution in [2.45, 2.75) is 25.0 Å². The van der Waals surface area contributed by atoms with Crippen LogP contribution in [0.3, 0.4) is 0 Å². The van der Waals surface area contributed by atoms with Gasteiger partial charge in [0, 0.05) is 31.3 Å². The Bertz CT molecular complexity index is 353. The summed E-state index contributed by atoms with van der Waals surface area (Å²) in [4.78, 5) is 0. The molecular formula is C13H19FN2O. The molecule has 1 aliphatic heterocycles. The van der Waals surface area contributed by atoms with Crippen LogP contribution in [0.25, 0.3) is 0 Å². The molecule has 0 aromatic heterocycles. The summed E-state index contributed by atoms with van der Waals surface area (Å²) in [5.74, 6) is -0.206. The zero-order valence-electron chi connectivity index (χ0n) is 9.86. The third kappa shape index (κ3) is 3.25. The van der Waals surface area contributed by atoms with E-state index in [1.807, 2.05) is 6.07 Å². The van der Waals surface area contributed by atoms with Gasteiger partial charge in [-0.2, -0.15) is 0 Å². The standard InChI is InChI=1S/C13H19FN2O/c14-12-6-2-1-5-11(12)13(8-15)16-9-10-4-3-7-17-10/h1-2,5-6,10,13,16H,3-4,7-9,15H2. The smallest absolute Gasteiger partial charge is 0.128 e. The zero-order chi connectivity index (χ0) is 12.1. The highest BCUT2D eigenvalue weighted by Crippen LogP contribution is 2.17. The largest absolute Gasteiger partial charge is 0.377 e. The minimum Gasteiger partial charge on any atom is -0.377 e. The van der Waals surface area contributed by atoms with Crippen molar-refractivity contribution in [3.05, 3.63) is 35.6 Å². The van der Waals surface area contributed by atoms with E-state index in [9.17, 15) is 4.39 Å². The summed E-state index contributed by atoms with van der Waals surface area (Å²) in [5, 5.41) is 3.28. The minimum absolute atomic E-state index is 0.139. The average molecular weight is 238 g/mol. The third-order valence-electron chi connectivity index (χ3n) is 3.13. The molecule has 0 radical (unpaired) electrons. The summed E-state index contributed by atoms with van der Waals surface area (Å²) in [6, 6.07) is 6.61. The molecule has 1 saturated heterocycles. The SMILES string of the molecule is NCC(NCC1CCCO1)c1ccccc1F. The number of nitrogens with two attached hydrogens (primary N) is 1. The quantitative estimate of drug-likeness (QED) is 0.819. The number of hydrogen-bond acceptors (Lipinski definition) is 3. The van der Waals surface area contributed by atoms with E-state index < -0.39 is 0 Å². The number of rotatable bonds is 5. The van der Waals surface area contributed by atoms with Crippen molar-refractivity contribution in [2.75, 3.05) is 19.7 Å². The maximum Gasteiger partial charge on any atom is 0.128 e. The molecule has 17 heavy (non-hydrogen) atoms. The molecule has 3 nitrogen and oxygen atoms in total. The van der Waals surface area contributed by atoms with Crippen molar-refractivity contribution >= 4 is 0 Å². The van der Waals surface area contributed by atoms with Gasteiger partial charge in [-0.15, -0.1) is 0 Å². The van der Waals surface area contributed by atoms with Gasteiger partial charge in [0.05, 0.1) is 6.10 Å². The molecule has 0 aliphatic carbocycles. The zero-order valence-corrected chi connectivity index (χ0v) is 9.86. The maximum absolute atomic E-state index is 13.6. The first-order valence-electron chi connectivity index (χ1n) is 6.10. The molecule has 2 atom stereocenters. The van der Waals surface area contributed by atoms with E-state index in [1.165, 1.54) is 6.07 Å². The molecule has 94 valence electrons. The number of nitrogens with one attached hydrogen (secondary N) is 1. The molecule has 1 aliphatic rings. The van der Waals surface area contributed by atoms with E-state index >= 15 is 0 Å². The Labute approximate surface area is 101 Å². The molecule has 2 rings (SSSR count). The van der Waals surface area contributed by atoms with E-state index in [0.29, 0.717) is 12.1 Å². The Hall–Kier alpha value is -0.970. The van der Waals surface area contributed by atoms with Gasteiger partial charge in [0.25, 0.3) is 0 Å². The molecule has 0 bridgehead atoms. The molecule has 4 heteroatoms. The molecule has 1 fully saturated rings. The number of hydrogen-bond donors (Lipinski definition) is 2. The van der Waals surface area contributed by atoms with Gasteiger partial charge in [-0.25, -0.2) is 4.39 Å². The molecule has 1 heterocycles. The van der Waals surface area contributed by atoms with E-state index in [4.69, 9.17) is 10.5 Å². The van der Waals surface area contributed by atoms with Crippen LogP contribution in [0.1, 0.15) is 24.4 Å². The van der Waals surface area contributed by atoms with Crippen LogP contribution in [0, 0.1) is 5.82 Å². The first-order valence-corrected chi connectivity index (χ1v) is 6.10. The molecule has 0 spiro atoms. The van der Waals surface area contributed by atoms with Crippen LogP contribution >= 0.6 is 0 Å². The maximum atomic E-state index is 13.6. The van der Waals surface area contributed by atoms with Crippen LogP contribution in [0.2, 0.25) is 0 Å². The lowest BCUT2D eigenvalue weighted by molar-refractivity contribution is 0.107. The summed E-state index contributed by atoms with van der Waals surface area (Å²) < 4.78 is 19.1. The predicted octanol–water partition coefficient (Wildman–Crippen LogP) is 1.59. The van der Waals surface area contributed by atoms with Crippen molar-refractivity contribution in [1.82, 2.24) is 5.32 Å². The van der Waals surface area contributed by atoms with E-state index in [-0.39, 0.29) is 18.0 Å². The number of ether oxygens (including phenoxy) is 1. The predicted molar refractivity (Wildman–Crippen MR) is 65.2 cm³/mol. The first kappa shape index (κ1) is 12.5. The van der Waals surface area contributed by atoms with Crippen LogP contribution in [0.4, 0.5) is 4.39 Å². The molecule has 0 amide bonds.